The summed E-state index contributed by atoms with van der Waals surface area (Å²) in [5.74, 6) is 0.463. The Bertz CT molecular complexity index is 912. The van der Waals surface area contributed by atoms with Gasteiger partial charge in [-0.2, -0.15) is 0 Å². The van der Waals surface area contributed by atoms with E-state index >= 15 is 0 Å². The van der Waals surface area contributed by atoms with E-state index in [0.29, 0.717) is 31.0 Å². The van der Waals surface area contributed by atoms with Crippen LogP contribution in [-0.4, -0.2) is 43.3 Å². The second-order valence-corrected chi connectivity index (χ2v) is 9.70. The van der Waals surface area contributed by atoms with E-state index in [4.69, 9.17) is 4.74 Å². The highest BCUT2D eigenvalue weighted by Crippen LogP contribution is 2.28. The Balaban J connectivity index is 3.02. The van der Waals surface area contributed by atoms with Crippen molar-refractivity contribution in [3.63, 3.8) is 0 Å². The van der Waals surface area contributed by atoms with Gasteiger partial charge in [-0.15, -0.1) is 0 Å². The molecule has 0 atom stereocenters. The Morgan fingerprint density at radius 2 is 1.78 bits per heavy atom. The SMILES string of the molecule is C=C(OCC(C)(C)C)C1=C(C)CN(CC(\C=C/C(=C\C)C(=C/C)/C(C)=NC)=C(C)C)C1=O. The fraction of sp³-hybridized carbons (Fsp3) is 0.500. The summed E-state index contributed by atoms with van der Waals surface area (Å²) >= 11 is 0. The Hall–Kier alpha value is -2.62. The highest BCUT2D eigenvalue weighted by atomic mass is 16.5. The van der Waals surface area contributed by atoms with Crippen molar-refractivity contribution < 1.29 is 9.53 Å². The van der Waals surface area contributed by atoms with E-state index in [-0.39, 0.29) is 11.3 Å². The van der Waals surface area contributed by atoms with E-state index in [1.807, 2.05) is 39.6 Å². The van der Waals surface area contributed by atoms with Crippen molar-refractivity contribution in [1.82, 2.24) is 4.90 Å². The normalized spacial score (nSPS) is 16.4. The number of carbonyl (C=O) groups is 1. The molecule has 1 aliphatic heterocycles. The summed E-state index contributed by atoms with van der Waals surface area (Å²) in [5, 5.41) is 0. The molecule has 0 saturated carbocycles. The molecule has 1 heterocycles. The van der Waals surface area contributed by atoms with Gasteiger partial charge in [-0.25, -0.2) is 0 Å². The summed E-state index contributed by atoms with van der Waals surface area (Å²) in [5.41, 5.74) is 7.16. The number of ether oxygens (including phenoxy) is 1. The van der Waals surface area contributed by atoms with Gasteiger partial charge >= 0.3 is 0 Å². The fourth-order valence-corrected chi connectivity index (χ4v) is 3.46. The van der Waals surface area contributed by atoms with Crippen LogP contribution < -0.4 is 0 Å². The maximum atomic E-state index is 13.2. The number of hydrogen-bond acceptors (Lipinski definition) is 3. The second kappa shape index (κ2) is 11.8. The number of aliphatic imine (C=N–C) groups is 1. The monoisotopic (exact) mass is 438 g/mol. The minimum Gasteiger partial charge on any atom is -0.493 e. The maximum Gasteiger partial charge on any atom is 0.258 e. The van der Waals surface area contributed by atoms with Gasteiger partial charge in [0.25, 0.3) is 5.91 Å². The first kappa shape index (κ1) is 27.4. The molecule has 32 heavy (non-hydrogen) atoms. The van der Waals surface area contributed by atoms with E-state index in [9.17, 15) is 4.79 Å². The molecular formula is C28H42N2O2. The van der Waals surface area contributed by atoms with E-state index in [1.54, 1.807) is 0 Å². The van der Waals surface area contributed by atoms with Crippen molar-refractivity contribution in [2.24, 2.45) is 10.4 Å². The first-order valence-electron chi connectivity index (χ1n) is 11.3. The van der Waals surface area contributed by atoms with Gasteiger partial charge in [0.2, 0.25) is 0 Å². The molecule has 0 unspecified atom stereocenters. The molecule has 0 saturated heterocycles. The molecule has 0 aromatic rings. The molecule has 0 spiro atoms. The summed E-state index contributed by atoms with van der Waals surface area (Å²) in [7, 11) is 1.81. The van der Waals surface area contributed by atoms with Crippen LogP contribution in [0, 0.1) is 5.41 Å². The summed E-state index contributed by atoms with van der Waals surface area (Å²) in [4.78, 5) is 19.4. The molecule has 0 aromatic carbocycles. The number of rotatable bonds is 9. The van der Waals surface area contributed by atoms with Crippen LogP contribution in [0.25, 0.3) is 0 Å². The van der Waals surface area contributed by atoms with Gasteiger partial charge < -0.3 is 9.64 Å². The average Bonchev–Trinajstić information content (AvgIpc) is 2.99. The molecule has 4 nitrogen and oxygen atoms in total. The quantitative estimate of drug-likeness (QED) is 0.231. The predicted octanol–water partition coefficient (Wildman–Crippen LogP) is 6.60. The number of carbonyl (C=O) groups excluding carboxylic acids is 1. The van der Waals surface area contributed by atoms with E-state index in [0.717, 1.165) is 28.0 Å². The molecule has 176 valence electrons. The van der Waals surface area contributed by atoms with Gasteiger partial charge in [-0.1, -0.05) is 57.2 Å². The topological polar surface area (TPSA) is 41.9 Å². The maximum absolute atomic E-state index is 13.2. The van der Waals surface area contributed by atoms with Crippen molar-refractivity contribution in [3.05, 3.63) is 70.1 Å². The van der Waals surface area contributed by atoms with E-state index < -0.39 is 0 Å². The summed E-state index contributed by atoms with van der Waals surface area (Å²) < 4.78 is 5.85. The van der Waals surface area contributed by atoms with Crippen LogP contribution in [0.4, 0.5) is 0 Å². The zero-order valence-corrected chi connectivity index (χ0v) is 21.8. The molecule has 0 bridgehead atoms. The molecule has 0 aliphatic carbocycles. The van der Waals surface area contributed by atoms with Gasteiger partial charge in [-0.3, -0.25) is 9.79 Å². The van der Waals surface area contributed by atoms with Gasteiger partial charge in [0, 0.05) is 25.8 Å². The lowest BCUT2D eigenvalue weighted by Gasteiger charge is -2.21. The highest BCUT2D eigenvalue weighted by molar-refractivity contribution is 6.02. The van der Waals surface area contributed by atoms with Crippen LogP contribution in [0.15, 0.2) is 75.1 Å². The third kappa shape index (κ3) is 7.51. The lowest BCUT2D eigenvalue weighted by atomic mass is 9.98. The third-order valence-corrected chi connectivity index (χ3v) is 5.42. The Morgan fingerprint density at radius 1 is 1.16 bits per heavy atom. The van der Waals surface area contributed by atoms with Gasteiger partial charge in [0.1, 0.15) is 5.76 Å². The molecule has 0 N–H and O–H groups in total. The van der Waals surface area contributed by atoms with E-state index in [2.05, 4.69) is 70.5 Å². The Labute approximate surface area is 195 Å². The number of amides is 1. The van der Waals surface area contributed by atoms with Crippen molar-refractivity contribution in [3.8, 4) is 0 Å². The molecular weight excluding hydrogens is 396 g/mol. The van der Waals surface area contributed by atoms with Crippen molar-refractivity contribution in [1.29, 1.82) is 0 Å². The second-order valence-electron chi connectivity index (χ2n) is 9.70. The predicted molar refractivity (Wildman–Crippen MR) is 138 cm³/mol. The summed E-state index contributed by atoms with van der Waals surface area (Å²) in [6.07, 6.45) is 8.39. The fourth-order valence-electron chi connectivity index (χ4n) is 3.46. The summed E-state index contributed by atoms with van der Waals surface area (Å²) in [6.45, 7) is 24.2. The zero-order valence-electron chi connectivity index (χ0n) is 21.8. The number of nitrogens with zero attached hydrogens (tertiary/aromatic N) is 2. The summed E-state index contributed by atoms with van der Waals surface area (Å²) in [6, 6.07) is 0. The largest absolute Gasteiger partial charge is 0.493 e. The lowest BCUT2D eigenvalue weighted by molar-refractivity contribution is -0.125. The molecule has 0 fully saturated rings. The van der Waals surface area contributed by atoms with Crippen LogP contribution in [0.2, 0.25) is 0 Å². The smallest absolute Gasteiger partial charge is 0.258 e. The van der Waals surface area contributed by atoms with Crippen molar-refractivity contribution in [2.75, 3.05) is 26.7 Å². The van der Waals surface area contributed by atoms with Crippen LogP contribution in [-0.2, 0) is 9.53 Å². The minimum atomic E-state index is -0.0112. The van der Waals surface area contributed by atoms with Crippen LogP contribution in [0.1, 0.15) is 62.3 Å². The number of hydrogen-bond donors (Lipinski definition) is 0. The Kier molecular flexibility index (Phi) is 10.1. The van der Waals surface area contributed by atoms with Crippen LogP contribution >= 0.6 is 0 Å². The molecule has 1 rings (SSSR count). The first-order valence-corrected chi connectivity index (χ1v) is 11.3. The third-order valence-electron chi connectivity index (χ3n) is 5.42. The lowest BCUT2D eigenvalue weighted by Crippen LogP contribution is -2.30. The molecule has 1 aliphatic rings. The van der Waals surface area contributed by atoms with Gasteiger partial charge in [-0.05, 0) is 69.2 Å². The molecule has 0 radical (unpaired) electrons. The minimum absolute atomic E-state index is 0.00982. The van der Waals surface area contributed by atoms with Gasteiger partial charge in [0.05, 0.1) is 12.2 Å². The molecule has 1 amide bonds. The highest BCUT2D eigenvalue weighted by Gasteiger charge is 2.31. The molecule has 4 heteroatoms. The Morgan fingerprint density at radius 3 is 2.25 bits per heavy atom. The standard InChI is InChI=1S/C28H42N2O2/c1-12-23(25(13-2)21(6)29-11)14-15-24(19(3)4)17-30-16-20(5)26(27(30)31)22(7)32-18-28(8,9)10/h12-15H,7,16-18H2,1-6,8-11H3/b15-14-,23-12+,25-13+,29-21?. The van der Waals surface area contributed by atoms with Crippen molar-refractivity contribution in [2.45, 2.75) is 62.3 Å². The van der Waals surface area contributed by atoms with E-state index in [1.165, 1.54) is 5.57 Å². The van der Waals surface area contributed by atoms with Crippen LogP contribution in [0.3, 0.4) is 0 Å². The average molecular weight is 439 g/mol. The zero-order chi connectivity index (χ0) is 24.6. The van der Waals surface area contributed by atoms with Gasteiger partial charge in [0.15, 0.2) is 0 Å². The van der Waals surface area contributed by atoms with Crippen molar-refractivity contribution >= 4 is 11.6 Å². The van der Waals surface area contributed by atoms with Crippen LogP contribution in [0.5, 0.6) is 0 Å². The number of allylic oxidation sites excluding steroid dienone is 6. The molecule has 0 aromatic heterocycles. The first-order chi connectivity index (χ1) is 14.9.